The van der Waals surface area contributed by atoms with Gasteiger partial charge in [0.2, 0.25) is 0 Å². The molecular formula is C13H14ClNS. The molecule has 3 heteroatoms. The van der Waals surface area contributed by atoms with Crippen molar-refractivity contribution in [2.45, 2.75) is 19.8 Å². The number of benzene rings is 1. The van der Waals surface area contributed by atoms with Crippen LogP contribution in [0.15, 0.2) is 29.8 Å². The molecule has 0 fully saturated rings. The van der Waals surface area contributed by atoms with Crippen molar-refractivity contribution in [2.24, 2.45) is 0 Å². The van der Waals surface area contributed by atoms with E-state index in [9.17, 15) is 0 Å². The highest BCUT2D eigenvalue weighted by molar-refractivity contribution is 7.10. The van der Waals surface area contributed by atoms with E-state index in [0.717, 1.165) is 18.5 Å². The zero-order valence-corrected chi connectivity index (χ0v) is 10.8. The van der Waals surface area contributed by atoms with Gasteiger partial charge in [-0.25, -0.2) is 4.98 Å². The van der Waals surface area contributed by atoms with Crippen LogP contribution in [0.3, 0.4) is 0 Å². The molecule has 1 nitrogen and oxygen atoms in total. The Morgan fingerprint density at radius 3 is 2.62 bits per heavy atom. The first-order valence-corrected chi connectivity index (χ1v) is 6.84. The van der Waals surface area contributed by atoms with E-state index < -0.39 is 0 Å². The number of aryl methyl sites for hydroxylation is 2. The van der Waals surface area contributed by atoms with E-state index >= 15 is 0 Å². The Hall–Kier alpha value is -0.860. The predicted octanol–water partition coefficient (Wildman–Crippen LogP) is 4.15. The topological polar surface area (TPSA) is 12.9 Å². The Morgan fingerprint density at radius 1 is 1.25 bits per heavy atom. The molecule has 1 aromatic carbocycles. The van der Waals surface area contributed by atoms with Crippen LogP contribution in [0.2, 0.25) is 0 Å². The van der Waals surface area contributed by atoms with E-state index in [4.69, 9.17) is 11.6 Å². The quantitative estimate of drug-likeness (QED) is 0.744. The van der Waals surface area contributed by atoms with Gasteiger partial charge in [-0.05, 0) is 18.4 Å². The number of nitrogens with zero attached hydrogens (tertiary/aromatic N) is 1. The van der Waals surface area contributed by atoms with Crippen molar-refractivity contribution in [2.75, 3.05) is 5.88 Å². The maximum atomic E-state index is 5.78. The zero-order chi connectivity index (χ0) is 11.4. The van der Waals surface area contributed by atoms with Crippen LogP contribution in [0.4, 0.5) is 0 Å². The molecule has 0 N–H and O–H groups in total. The molecule has 0 radical (unpaired) electrons. The van der Waals surface area contributed by atoms with Crippen LogP contribution in [0, 0.1) is 0 Å². The third-order valence-electron chi connectivity index (χ3n) is 2.60. The summed E-state index contributed by atoms with van der Waals surface area (Å²) in [4.78, 5) is 5.70. The van der Waals surface area contributed by atoms with Gasteiger partial charge in [0.15, 0.2) is 0 Å². The van der Waals surface area contributed by atoms with Gasteiger partial charge in [-0.3, -0.25) is 0 Å². The number of thiazole rings is 1. The largest absolute Gasteiger partial charge is 0.244 e. The summed E-state index contributed by atoms with van der Waals surface area (Å²) in [6, 6.07) is 8.62. The van der Waals surface area contributed by atoms with Crippen LogP contribution in [0.1, 0.15) is 17.4 Å². The van der Waals surface area contributed by atoms with Crippen molar-refractivity contribution in [1.82, 2.24) is 4.98 Å². The number of hydrogen-bond acceptors (Lipinski definition) is 2. The van der Waals surface area contributed by atoms with E-state index in [1.54, 1.807) is 11.3 Å². The minimum absolute atomic E-state index is 0.655. The first-order valence-electron chi connectivity index (χ1n) is 5.42. The van der Waals surface area contributed by atoms with E-state index in [0.29, 0.717) is 5.88 Å². The molecule has 84 valence electrons. The molecule has 0 saturated heterocycles. The molecule has 0 atom stereocenters. The number of halogens is 1. The minimum atomic E-state index is 0.655. The van der Waals surface area contributed by atoms with Crippen LogP contribution >= 0.6 is 22.9 Å². The van der Waals surface area contributed by atoms with Gasteiger partial charge in [-0.2, -0.15) is 0 Å². The first-order chi connectivity index (χ1) is 7.85. The molecule has 0 aliphatic rings. The molecule has 0 spiro atoms. The molecule has 0 bridgehead atoms. The van der Waals surface area contributed by atoms with Crippen molar-refractivity contribution in [3.63, 3.8) is 0 Å². The highest BCUT2D eigenvalue weighted by atomic mass is 35.5. The number of aromatic nitrogens is 1. The molecule has 0 saturated carbocycles. The number of alkyl halides is 1. The van der Waals surface area contributed by atoms with Crippen LogP contribution < -0.4 is 0 Å². The number of hydrogen-bond donors (Lipinski definition) is 0. The lowest BCUT2D eigenvalue weighted by atomic mass is 10.1. The maximum absolute atomic E-state index is 5.78. The van der Waals surface area contributed by atoms with Crippen LogP contribution in [0.5, 0.6) is 0 Å². The van der Waals surface area contributed by atoms with Gasteiger partial charge in [0.05, 0.1) is 11.2 Å². The molecular weight excluding hydrogens is 238 g/mol. The second-order valence-electron chi connectivity index (χ2n) is 3.61. The summed E-state index contributed by atoms with van der Waals surface area (Å²) in [6.07, 6.45) is 1.98. The molecule has 1 aromatic heterocycles. The average molecular weight is 252 g/mol. The SMILES string of the molecule is CCc1ccc(-c2ncsc2CCCl)cc1. The Kier molecular flexibility index (Phi) is 3.97. The van der Waals surface area contributed by atoms with Crippen molar-refractivity contribution >= 4 is 22.9 Å². The molecule has 2 aromatic rings. The maximum Gasteiger partial charge on any atom is 0.0843 e. The molecule has 0 aliphatic heterocycles. The van der Waals surface area contributed by atoms with Gasteiger partial charge in [0, 0.05) is 16.3 Å². The lowest BCUT2D eigenvalue weighted by molar-refractivity contribution is 1.14. The smallest absolute Gasteiger partial charge is 0.0843 e. The second-order valence-corrected chi connectivity index (χ2v) is 4.93. The third kappa shape index (κ3) is 2.45. The zero-order valence-electron chi connectivity index (χ0n) is 9.24. The fourth-order valence-electron chi connectivity index (χ4n) is 1.67. The summed E-state index contributed by atoms with van der Waals surface area (Å²) in [5, 5.41) is 0. The second kappa shape index (κ2) is 5.46. The monoisotopic (exact) mass is 251 g/mol. The highest BCUT2D eigenvalue weighted by Crippen LogP contribution is 2.26. The molecule has 16 heavy (non-hydrogen) atoms. The summed E-state index contributed by atoms with van der Waals surface area (Å²) in [5.74, 6) is 0.655. The van der Waals surface area contributed by atoms with Crippen LogP contribution in [0.25, 0.3) is 11.3 Å². The predicted molar refractivity (Wildman–Crippen MR) is 71.4 cm³/mol. The first kappa shape index (κ1) is 11.6. The molecule has 1 heterocycles. The summed E-state index contributed by atoms with van der Waals surface area (Å²) in [6.45, 7) is 2.16. The summed E-state index contributed by atoms with van der Waals surface area (Å²) < 4.78 is 0. The van der Waals surface area contributed by atoms with Crippen LogP contribution in [-0.2, 0) is 12.8 Å². The molecule has 0 unspecified atom stereocenters. The van der Waals surface area contributed by atoms with E-state index in [1.165, 1.54) is 16.0 Å². The van der Waals surface area contributed by atoms with Crippen molar-refractivity contribution in [3.05, 3.63) is 40.2 Å². The third-order valence-corrected chi connectivity index (χ3v) is 3.68. The van der Waals surface area contributed by atoms with Gasteiger partial charge >= 0.3 is 0 Å². The van der Waals surface area contributed by atoms with Gasteiger partial charge in [0.1, 0.15) is 0 Å². The molecule has 0 amide bonds. The Labute approximate surface area is 105 Å². The molecule has 0 aliphatic carbocycles. The van der Waals surface area contributed by atoms with Crippen LogP contribution in [-0.4, -0.2) is 10.9 Å². The summed E-state index contributed by atoms with van der Waals surface area (Å²) >= 11 is 7.46. The minimum Gasteiger partial charge on any atom is -0.244 e. The average Bonchev–Trinajstić information content (AvgIpc) is 2.78. The fraction of sp³-hybridized carbons (Fsp3) is 0.308. The van der Waals surface area contributed by atoms with Crippen molar-refractivity contribution < 1.29 is 0 Å². The van der Waals surface area contributed by atoms with E-state index in [2.05, 4.69) is 36.2 Å². The van der Waals surface area contributed by atoms with Crippen molar-refractivity contribution in [1.29, 1.82) is 0 Å². The van der Waals surface area contributed by atoms with Crippen molar-refractivity contribution in [3.8, 4) is 11.3 Å². The van der Waals surface area contributed by atoms with E-state index in [1.807, 2.05) is 5.51 Å². The molecule has 2 rings (SSSR count). The fourth-order valence-corrected chi connectivity index (χ4v) is 2.76. The Bertz CT molecular complexity index is 447. The van der Waals surface area contributed by atoms with Gasteiger partial charge in [-0.1, -0.05) is 31.2 Å². The summed E-state index contributed by atoms with van der Waals surface area (Å²) in [5.41, 5.74) is 5.54. The highest BCUT2D eigenvalue weighted by Gasteiger charge is 2.07. The Morgan fingerprint density at radius 2 is 2.00 bits per heavy atom. The van der Waals surface area contributed by atoms with Gasteiger partial charge < -0.3 is 0 Å². The summed E-state index contributed by atoms with van der Waals surface area (Å²) in [7, 11) is 0. The van der Waals surface area contributed by atoms with E-state index in [-0.39, 0.29) is 0 Å². The lowest BCUT2D eigenvalue weighted by Crippen LogP contribution is -1.88. The van der Waals surface area contributed by atoms with Gasteiger partial charge in [0.25, 0.3) is 0 Å². The number of rotatable bonds is 4. The van der Waals surface area contributed by atoms with Gasteiger partial charge in [-0.15, -0.1) is 22.9 Å². The lowest BCUT2D eigenvalue weighted by Gasteiger charge is -2.02. The Balaban J connectivity index is 2.31. The normalized spacial score (nSPS) is 10.6. The standard InChI is InChI=1S/C13H14ClNS/c1-2-10-3-5-11(6-4-10)13-12(7-8-14)16-9-15-13/h3-6,9H,2,7-8H2,1H3.